The molecule has 1 fully saturated rings. The Bertz CT molecular complexity index is 625. The molecule has 0 saturated carbocycles. The molecule has 122 valence electrons. The number of aliphatic hydroxyl groups is 1. The largest absolute Gasteiger partial charge is 0.385 e. The molecule has 1 N–H and O–H groups in total. The number of hydrogen-bond acceptors (Lipinski definition) is 2. The summed E-state index contributed by atoms with van der Waals surface area (Å²) in [5.41, 5.74) is 1.18. The highest BCUT2D eigenvalue weighted by molar-refractivity contribution is 6.30. The Morgan fingerprint density at radius 1 is 1.00 bits per heavy atom. The van der Waals surface area contributed by atoms with Crippen LogP contribution in [-0.2, 0) is 12.0 Å². The molecule has 0 aliphatic carbocycles. The zero-order valence-electron chi connectivity index (χ0n) is 13.4. The van der Waals surface area contributed by atoms with Crippen molar-refractivity contribution >= 4 is 11.6 Å². The van der Waals surface area contributed by atoms with E-state index in [0.717, 1.165) is 37.2 Å². The maximum Gasteiger partial charge on any atom is 0.0949 e. The Hall–Kier alpha value is -1.35. The number of hydrogen-bond donors (Lipinski definition) is 1. The first-order valence-corrected chi connectivity index (χ1v) is 8.78. The molecule has 0 spiro atoms. The molecule has 3 heteroatoms. The molecule has 2 aromatic rings. The first kappa shape index (κ1) is 16.5. The van der Waals surface area contributed by atoms with E-state index in [0.29, 0.717) is 11.4 Å². The van der Waals surface area contributed by atoms with E-state index in [2.05, 4.69) is 17.0 Å². The molecule has 1 saturated heterocycles. The molecule has 1 heterocycles. The van der Waals surface area contributed by atoms with Gasteiger partial charge in [0, 0.05) is 18.0 Å². The summed E-state index contributed by atoms with van der Waals surface area (Å²) in [4.78, 5) is 2.44. The number of nitrogens with zero attached hydrogens (tertiary/aromatic N) is 1. The SMILES string of the molecule is O[C@@](CCN1CCCC1)(Cc1ccccc1)c1cccc(Cl)c1. The zero-order valence-corrected chi connectivity index (χ0v) is 14.2. The fourth-order valence-corrected chi connectivity index (χ4v) is 3.59. The van der Waals surface area contributed by atoms with Gasteiger partial charge in [0.1, 0.15) is 0 Å². The summed E-state index contributed by atoms with van der Waals surface area (Å²) in [6.07, 6.45) is 3.88. The Morgan fingerprint density at radius 2 is 1.74 bits per heavy atom. The van der Waals surface area contributed by atoms with Crippen molar-refractivity contribution in [3.63, 3.8) is 0 Å². The van der Waals surface area contributed by atoms with Gasteiger partial charge in [-0.05, 0) is 55.6 Å². The molecular weight excluding hydrogens is 306 g/mol. The topological polar surface area (TPSA) is 23.5 Å². The standard InChI is InChI=1S/C20H24ClNO/c21-19-10-6-9-18(15-19)20(23,11-14-22-12-4-5-13-22)16-17-7-2-1-3-8-17/h1-3,6-10,15,23H,4-5,11-14,16H2/t20-/m0/s1. The van der Waals surface area contributed by atoms with Gasteiger partial charge in [-0.1, -0.05) is 54.1 Å². The lowest BCUT2D eigenvalue weighted by atomic mass is 9.84. The van der Waals surface area contributed by atoms with Crippen LogP contribution in [0.15, 0.2) is 54.6 Å². The number of halogens is 1. The number of rotatable bonds is 6. The van der Waals surface area contributed by atoms with E-state index in [4.69, 9.17) is 11.6 Å². The third-order valence-electron chi connectivity index (χ3n) is 4.74. The van der Waals surface area contributed by atoms with Gasteiger partial charge in [0.15, 0.2) is 0 Å². The normalized spacial score (nSPS) is 18.0. The molecular formula is C20H24ClNO. The lowest BCUT2D eigenvalue weighted by Crippen LogP contribution is -2.34. The molecule has 23 heavy (non-hydrogen) atoms. The van der Waals surface area contributed by atoms with Gasteiger partial charge in [0.25, 0.3) is 0 Å². The van der Waals surface area contributed by atoms with Gasteiger partial charge in [-0.2, -0.15) is 0 Å². The summed E-state index contributed by atoms with van der Waals surface area (Å²) in [6.45, 7) is 3.23. The predicted molar refractivity (Wildman–Crippen MR) is 95.8 cm³/mol. The third kappa shape index (κ3) is 4.35. The maximum absolute atomic E-state index is 11.4. The molecule has 1 aliphatic rings. The lowest BCUT2D eigenvalue weighted by molar-refractivity contribution is 0.0193. The first-order valence-electron chi connectivity index (χ1n) is 8.40. The van der Waals surface area contributed by atoms with Crippen LogP contribution in [0.2, 0.25) is 5.02 Å². The van der Waals surface area contributed by atoms with Crippen molar-refractivity contribution in [2.45, 2.75) is 31.3 Å². The molecule has 0 aromatic heterocycles. The van der Waals surface area contributed by atoms with Gasteiger partial charge in [-0.25, -0.2) is 0 Å². The van der Waals surface area contributed by atoms with Crippen LogP contribution >= 0.6 is 11.6 Å². The Balaban J connectivity index is 1.81. The molecule has 2 aromatic carbocycles. The zero-order chi connectivity index (χ0) is 16.1. The minimum Gasteiger partial charge on any atom is -0.385 e. The van der Waals surface area contributed by atoms with Crippen molar-refractivity contribution in [3.05, 3.63) is 70.7 Å². The number of benzene rings is 2. The van der Waals surface area contributed by atoms with Gasteiger partial charge in [0.05, 0.1) is 5.60 Å². The van der Waals surface area contributed by atoms with Gasteiger partial charge >= 0.3 is 0 Å². The van der Waals surface area contributed by atoms with Crippen LogP contribution in [-0.4, -0.2) is 29.6 Å². The summed E-state index contributed by atoms with van der Waals surface area (Å²) in [5.74, 6) is 0. The van der Waals surface area contributed by atoms with Crippen LogP contribution < -0.4 is 0 Å². The molecule has 3 rings (SSSR count). The van der Waals surface area contributed by atoms with Gasteiger partial charge in [0.2, 0.25) is 0 Å². The fraction of sp³-hybridized carbons (Fsp3) is 0.400. The summed E-state index contributed by atoms with van der Waals surface area (Å²) < 4.78 is 0. The smallest absolute Gasteiger partial charge is 0.0949 e. The second-order valence-corrected chi connectivity index (χ2v) is 6.94. The lowest BCUT2D eigenvalue weighted by Gasteiger charge is -2.31. The maximum atomic E-state index is 11.4. The molecule has 0 radical (unpaired) electrons. The second-order valence-electron chi connectivity index (χ2n) is 6.50. The second kappa shape index (κ2) is 7.48. The van der Waals surface area contributed by atoms with Crippen molar-refractivity contribution in [1.82, 2.24) is 4.90 Å². The van der Waals surface area contributed by atoms with E-state index in [1.807, 2.05) is 42.5 Å². The van der Waals surface area contributed by atoms with E-state index in [1.165, 1.54) is 12.8 Å². The quantitative estimate of drug-likeness (QED) is 0.856. The van der Waals surface area contributed by atoms with Crippen molar-refractivity contribution in [2.24, 2.45) is 0 Å². The molecule has 0 bridgehead atoms. The first-order chi connectivity index (χ1) is 11.2. The molecule has 0 amide bonds. The monoisotopic (exact) mass is 329 g/mol. The fourth-order valence-electron chi connectivity index (χ4n) is 3.40. The summed E-state index contributed by atoms with van der Waals surface area (Å²) in [7, 11) is 0. The Morgan fingerprint density at radius 3 is 2.43 bits per heavy atom. The summed E-state index contributed by atoms with van der Waals surface area (Å²) in [5, 5.41) is 12.1. The van der Waals surface area contributed by atoms with Crippen molar-refractivity contribution < 1.29 is 5.11 Å². The molecule has 2 nitrogen and oxygen atoms in total. The van der Waals surface area contributed by atoms with E-state index in [-0.39, 0.29) is 0 Å². The Labute approximate surface area is 143 Å². The van der Waals surface area contributed by atoms with Crippen molar-refractivity contribution in [3.8, 4) is 0 Å². The molecule has 1 aliphatic heterocycles. The number of likely N-dealkylation sites (tertiary alicyclic amines) is 1. The van der Waals surface area contributed by atoms with Crippen LogP contribution in [0.3, 0.4) is 0 Å². The third-order valence-corrected chi connectivity index (χ3v) is 4.98. The average Bonchev–Trinajstić information content (AvgIpc) is 3.07. The minimum atomic E-state index is -0.880. The van der Waals surface area contributed by atoms with Gasteiger partial charge in [-0.3, -0.25) is 0 Å². The van der Waals surface area contributed by atoms with Crippen LogP contribution in [0, 0.1) is 0 Å². The highest BCUT2D eigenvalue weighted by Crippen LogP contribution is 2.31. The van der Waals surface area contributed by atoms with Crippen LogP contribution in [0.5, 0.6) is 0 Å². The van der Waals surface area contributed by atoms with E-state index >= 15 is 0 Å². The van der Waals surface area contributed by atoms with E-state index in [9.17, 15) is 5.11 Å². The average molecular weight is 330 g/mol. The Kier molecular flexibility index (Phi) is 5.37. The molecule has 0 unspecified atom stereocenters. The van der Waals surface area contributed by atoms with Crippen LogP contribution in [0.1, 0.15) is 30.4 Å². The van der Waals surface area contributed by atoms with E-state index < -0.39 is 5.60 Å². The minimum absolute atomic E-state index is 0.613. The van der Waals surface area contributed by atoms with Crippen molar-refractivity contribution in [1.29, 1.82) is 0 Å². The highest BCUT2D eigenvalue weighted by atomic mass is 35.5. The van der Waals surface area contributed by atoms with Crippen LogP contribution in [0.25, 0.3) is 0 Å². The predicted octanol–water partition coefficient (Wildman–Crippen LogP) is 4.26. The van der Waals surface area contributed by atoms with Gasteiger partial charge in [-0.15, -0.1) is 0 Å². The van der Waals surface area contributed by atoms with Crippen molar-refractivity contribution in [2.75, 3.05) is 19.6 Å². The van der Waals surface area contributed by atoms with Crippen LogP contribution in [0.4, 0.5) is 0 Å². The summed E-state index contributed by atoms with van der Waals surface area (Å²) >= 11 is 6.16. The van der Waals surface area contributed by atoms with Gasteiger partial charge < -0.3 is 10.0 Å². The molecule has 1 atom stereocenters. The summed E-state index contributed by atoms with van der Waals surface area (Å²) in [6, 6.07) is 17.9. The highest BCUT2D eigenvalue weighted by Gasteiger charge is 2.30. The van der Waals surface area contributed by atoms with E-state index in [1.54, 1.807) is 0 Å².